The standard InChI is InChI=1S/C20H21N5O3S2/c1-4-28-24-15-9-11-25(30(3,26)27)17-8-7-16(23-18(15)17)19-13(2)22-20(29-19)14-6-5-10-21-12-14/h5-8,10,12H,4,9,11H2,1-3H3/b24-15+. The molecule has 0 saturated carbocycles. The smallest absolute Gasteiger partial charge is 0.232 e. The number of rotatable bonds is 5. The van der Waals surface area contributed by atoms with Gasteiger partial charge in [-0.1, -0.05) is 5.16 Å². The van der Waals surface area contributed by atoms with E-state index in [1.807, 2.05) is 32.0 Å². The summed E-state index contributed by atoms with van der Waals surface area (Å²) in [4.78, 5) is 19.8. The molecule has 0 amide bonds. The summed E-state index contributed by atoms with van der Waals surface area (Å²) < 4.78 is 25.9. The molecule has 0 saturated heterocycles. The summed E-state index contributed by atoms with van der Waals surface area (Å²) in [6, 6.07) is 7.45. The fraction of sp³-hybridized carbons (Fsp3) is 0.300. The molecule has 0 fully saturated rings. The number of oxime groups is 1. The van der Waals surface area contributed by atoms with Crippen LogP contribution in [0.1, 0.15) is 24.7 Å². The highest BCUT2D eigenvalue weighted by Gasteiger charge is 2.30. The van der Waals surface area contributed by atoms with Crippen LogP contribution in [0.4, 0.5) is 5.69 Å². The predicted molar refractivity (Wildman–Crippen MR) is 118 cm³/mol. The summed E-state index contributed by atoms with van der Waals surface area (Å²) in [6.07, 6.45) is 5.13. The summed E-state index contributed by atoms with van der Waals surface area (Å²) in [5.41, 5.74) is 4.19. The summed E-state index contributed by atoms with van der Waals surface area (Å²) >= 11 is 1.53. The van der Waals surface area contributed by atoms with Crippen LogP contribution >= 0.6 is 11.3 Å². The van der Waals surface area contributed by atoms with Crippen LogP contribution in [0.2, 0.25) is 0 Å². The largest absolute Gasteiger partial charge is 0.396 e. The van der Waals surface area contributed by atoms with E-state index in [4.69, 9.17) is 9.82 Å². The maximum atomic E-state index is 12.3. The quantitative estimate of drug-likeness (QED) is 0.560. The van der Waals surface area contributed by atoms with E-state index in [9.17, 15) is 8.42 Å². The van der Waals surface area contributed by atoms with Crippen molar-refractivity contribution in [1.29, 1.82) is 0 Å². The Morgan fingerprint density at radius 1 is 1.27 bits per heavy atom. The zero-order valence-corrected chi connectivity index (χ0v) is 18.5. The number of fused-ring (bicyclic) bond motifs is 1. The summed E-state index contributed by atoms with van der Waals surface area (Å²) in [5.74, 6) is 0. The summed E-state index contributed by atoms with van der Waals surface area (Å²) in [7, 11) is -3.42. The average Bonchev–Trinajstić information content (AvgIpc) is 3.13. The number of nitrogens with zero attached hydrogens (tertiary/aromatic N) is 5. The molecule has 1 aliphatic heterocycles. The Balaban J connectivity index is 1.81. The van der Waals surface area contributed by atoms with E-state index >= 15 is 0 Å². The Hall–Kier alpha value is -2.85. The van der Waals surface area contributed by atoms with Crippen LogP contribution in [0.5, 0.6) is 0 Å². The Labute approximate surface area is 179 Å². The van der Waals surface area contributed by atoms with Crippen LogP contribution in [0, 0.1) is 6.92 Å². The summed E-state index contributed by atoms with van der Waals surface area (Å²) in [6.45, 7) is 4.52. The topological polar surface area (TPSA) is 97.6 Å². The second-order valence-electron chi connectivity index (χ2n) is 6.78. The minimum atomic E-state index is -3.42. The van der Waals surface area contributed by atoms with E-state index in [0.29, 0.717) is 36.7 Å². The minimum absolute atomic E-state index is 0.309. The van der Waals surface area contributed by atoms with Crippen molar-refractivity contribution in [3.8, 4) is 21.1 Å². The van der Waals surface area contributed by atoms with Crippen molar-refractivity contribution in [2.75, 3.05) is 23.7 Å². The molecule has 3 aromatic rings. The van der Waals surface area contributed by atoms with Crippen molar-refractivity contribution in [1.82, 2.24) is 15.0 Å². The maximum absolute atomic E-state index is 12.3. The molecule has 4 rings (SSSR count). The highest BCUT2D eigenvalue weighted by atomic mass is 32.2. The van der Waals surface area contributed by atoms with Gasteiger partial charge in [0.25, 0.3) is 0 Å². The van der Waals surface area contributed by atoms with Crippen LogP contribution in [0.3, 0.4) is 0 Å². The third-order valence-electron chi connectivity index (χ3n) is 4.61. The van der Waals surface area contributed by atoms with Gasteiger partial charge in [0, 0.05) is 30.9 Å². The molecule has 0 unspecified atom stereocenters. The number of aromatic nitrogens is 3. The third-order valence-corrected chi connectivity index (χ3v) is 7.02. The van der Waals surface area contributed by atoms with Gasteiger partial charge in [-0.15, -0.1) is 11.3 Å². The first kappa shape index (κ1) is 20.4. The van der Waals surface area contributed by atoms with Crippen LogP contribution in [-0.2, 0) is 14.9 Å². The van der Waals surface area contributed by atoms with Gasteiger partial charge in [0.1, 0.15) is 23.0 Å². The average molecular weight is 444 g/mol. The molecule has 10 heteroatoms. The van der Waals surface area contributed by atoms with E-state index in [1.54, 1.807) is 18.5 Å². The zero-order chi connectivity index (χ0) is 21.3. The lowest BCUT2D eigenvalue weighted by molar-refractivity contribution is 0.158. The number of anilines is 1. The van der Waals surface area contributed by atoms with Gasteiger partial charge in [0.15, 0.2) is 0 Å². The molecular formula is C20H21N5O3S2. The number of hydrogen-bond acceptors (Lipinski definition) is 8. The number of aryl methyl sites for hydroxylation is 1. The predicted octanol–water partition coefficient (Wildman–Crippen LogP) is 3.49. The molecule has 4 heterocycles. The Morgan fingerprint density at radius 3 is 2.80 bits per heavy atom. The summed E-state index contributed by atoms with van der Waals surface area (Å²) in [5, 5.41) is 5.04. The van der Waals surface area contributed by atoms with Crippen LogP contribution in [0.15, 0.2) is 41.8 Å². The van der Waals surface area contributed by atoms with Crippen LogP contribution in [-0.4, -0.2) is 48.5 Å². The van der Waals surface area contributed by atoms with Crippen LogP contribution < -0.4 is 4.31 Å². The van der Waals surface area contributed by atoms with Crippen molar-refractivity contribution < 1.29 is 13.3 Å². The molecule has 1 aliphatic rings. The molecule has 0 bridgehead atoms. The van der Waals surface area contributed by atoms with E-state index in [1.165, 1.54) is 21.9 Å². The van der Waals surface area contributed by atoms with E-state index in [-0.39, 0.29) is 0 Å². The van der Waals surface area contributed by atoms with Gasteiger partial charge in [0.05, 0.1) is 28.2 Å². The lowest BCUT2D eigenvalue weighted by Gasteiger charge is -2.29. The molecule has 0 aliphatic carbocycles. The number of hydrogen-bond donors (Lipinski definition) is 0. The van der Waals surface area contributed by atoms with Crippen molar-refractivity contribution in [3.63, 3.8) is 0 Å². The van der Waals surface area contributed by atoms with Gasteiger partial charge in [-0.05, 0) is 38.1 Å². The molecular weight excluding hydrogens is 422 g/mol. The minimum Gasteiger partial charge on any atom is -0.396 e. The number of sulfonamides is 1. The van der Waals surface area contributed by atoms with Gasteiger partial charge in [-0.2, -0.15) is 0 Å². The molecule has 0 N–H and O–H groups in total. The molecule has 0 spiro atoms. The van der Waals surface area contributed by atoms with E-state index in [0.717, 1.165) is 26.8 Å². The third kappa shape index (κ3) is 3.92. The lowest BCUT2D eigenvalue weighted by atomic mass is 10.1. The molecule has 156 valence electrons. The van der Waals surface area contributed by atoms with Gasteiger partial charge in [0.2, 0.25) is 10.0 Å². The second-order valence-corrected chi connectivity index (χ2v) is 9.69. The Bertz CT molecular complexity index is 1210. The first-order chi connectivity index (χ1) is 14.4. The fourth-order valence-corrected chi connectivity index (χ4v) is 5.21. The van der Waals surface area contributed by atoms with Crippen LogP contribution in [0.25, 0.3) is 21.1 Å². The SMILES string of the molecule is CCO/N=C1\CCN(S(C)(=O)=O)c2ccc(-c3sc(-c4cccnc4)nc3C)nc21. The molecule has 0 atom stereocenters. The number of thiazole rings is 1. The monoisotopic (exact) mass is 443 g/mol. The van der Waals surface area contributed by atoms with Crippen molar-refractivity contribution >= 4 is 32.8 Å². The molecule has 30 heavy (non-hydrogen) atoms. The molecule has 0 aromatic carbocycles. The first-order valence-corrected chi connectivity index (χ1v) is 12.1. The lowest BCUT2D eigenvalue weighted by Crippen LogP contribution is -2.37. The van der Waals surface area contributed by atoms with Crippen molar-refractivity contribution in [2.24, 2.45) is 5.16 Å². The second kappa shape index (κ2) is 8.11. The highest BCUT2D eigenvalue weighted by molar-refractivity contribution is 7.92. The van der Waals surface area contributed by atoms with Gasteiger partial charge in [-0.3, -0.25) is 9.29 Å². The first-order valence-electron chi connectivity index (χ1n) is 9.44. The van der Waals surface area contributed by atoms with Crippen molar-refractivity contribution in [3.05, 3.63) is 48.0 Å². The zero-order valence-electron chi connectivity index (χ0n) is 16.9. The normalized spacial score (nSPS) is 15.3. The molecule has 0 radical (unpaired) electrons. The Kier molecular flexibility index (Phi) is 5.52. The number of pyridine rings is 2. The highest BCUT2D eigenvalue weighted by Crippen LogP contribution is 2.36. The fourth-order valence-electron chi connectivity index (χ4n) is 3.26. The molecule has 8 nitrogen and oxygen atoms in total. The van der Waals surface area contributed by atoms with E-state index < -0.39 is 10.0 Å². The van der Waals surface area contributed by atoms with Gasteiger partial charge in [-0.25, -0.2) is 18.4 Å². The molecule has 3 aromatic heterocycles. The van der Waals surface area contributed by atoms with E-state index in [2.05, 4.69) is 15.1 Å². The van der Waals surface area contributed by atoms with Crippen molar-refractivity contribution in [2.45, 2.75) is 20.3 Å². The van der Waals surface area contributed by atoms with Gasteiger partial charge >= 0.3 is 0 Å². The van der Waals surface area contributed by atoms with Gasteiger partial charge < -0.3 is 4.84 Å². The maximum Gasteiger partial charge on any atom is 0.232 e. The Morgan fingerprint density at radius 2 is 2.10 bits per heavy atom.